The van der Waals surface area contributed by atoms with Crippen LogP contribution in [0.15, 0.2) is 85.1 Å². The molecule has 0 unspecified atom stereocenters. The normalized spacial score (nSPS) is 11.9. The quantitative estimate of drug-likeness (QED) is 0.320. The first-order valence-corrected chi connectivity index (χ1v) is 9.75. The van der Waals surface area contributed by atoms with Crippen LogP contribution in [0, 0.1) is 0 Å². The summed E-state index contributed by atoms with van der Waals surface area (Å²) in [5.41, 5.74) is 2.97. The highest BCUT2D eigenvalue weighted by Crippen LogP contribution is 2.32. The highest BCUT2D eigenvalue weighted by atomic mass is 35.5. The van der Waals surface area contributed by atoms with Crippen LogP contribution >= 0.6 is 11.6 Å². The molecule has 0 amide bonds. The van der Waals surface area contributed by atoms with Gasteiger partial charge in [-0.3, -0.25) is 4.57 Å². The van der Waals surface area contributed by atoms with Gasteiger partial charge in [0.1, 0.15) is 5.69 Å². The van der Waals surface area contributed by atoms with E-state index in [2.05, 4.69) is 5.10 Å². The van der Waals surface area contributed by atoms with Gasteiger partial charge in [0.15, 0.2) is 5.82 Å². The molecule has 0 saturated heterocycles. The van der Waals surface area contributed by atoms with E-state index in [1.54, 1.807) is 29.1 Å². The number of benzene rings is 3. The second-order valence-corrected chi connectivity index (χ2v) is 7.35. The fraction of sp³-hybridized carbons (Fsp3) is 0.0435. The molecule has 0 spiro atoms. The number of hydrogen-bond acceptors (Lipinski definition) is 2. The van der Waals surface area contributed by atoms with Crippen molar-refractivity contribution in [1.82, 2.24) is 19.3 Å². The number of alkyl halides is 3. The molecule has 0 bridgehead atoms. The number of fused-ring (bicyclic) bond motifs is 1. The predicted octanol–water partition coefficient (Wildman–Crippen LogP) is 6.55. The lowest BCUT2D eigenvalue weighted by atomic mass is 10.2. The molecule has 0 N–H and O–H groups in total. The monoisotopic (exact) mass is 438 g/mol. The predicted molar refractivity (Wildman–Crippen MR) is 114 cm³/mol. The third kappa shape index (κ3) is 3.47. The standard InChI is InChI=1S/C23H14ClF3N4/c24-16-7-11-17(12-8-16)30-20-4-2-1-3-19(20)29-22(30)21-13-14-28-31(21)18-9-5-15(6-10-18)23(25,26)27/h1-14H. The number of hydrogen-bond donors (Lipinski definition) is 0. The van der Waals surface area contributed by atoms with Gasteiger partial charge in [0, 0.05) is 10.7 Å². The number of rotatable bonds is 3. The molecule has 0 saturated carbocycles. The van der Waals surface area contributed by atoms with Crippen molar-refractivity contribution < 1.29 is 13.2 Å². The van der Waals surface area contributed by atoms with Gasteiger partial charge in [0.25, 0.3) is 0 Å². The summed E-state index contributed by atoms with van der Waals surface area (Å²) in [6.07, 6.45) is -2.80. The van der Waals surface area contributed by atoms with Crippen LogP contribution in [-0.2, 0) is 6.18 Å². The highest BCUT2D eigenvalue weighted by molar-refractivity contribution is 6.30. The Morgan fingerprint density at radius 3 is 2.16 bits per heavy atom. The lowest BCUT2D eigenvalue weighted by Gasteiger charge is -2.12. The van der Waals surface area contributed by atoms with Crippen molar-refractivity contribution in [2.24, 2.45) is 0 Å². The summed E-state index contributed by atoms with van der Waals surface area (Å²) in [5, 5.41) is 4.95. The van der Waals surface area contributed by atoms with Gasteiger partial charge >= 0.3 is 6.18 Å². The van der Waals surface area contributed by atoms with E-state index in [4.69, 9.17) is 16.6 Å². The molecule has 0 fully saturated rings. The van der Waals surface area contributed by atoms with Gasteiger partial charge in [-0.25, -0.2) is 9.67 Å². The third-order valence-corrected chi connectivity index (χ3v) is 5.21. The van der Waals surface area contributed by atoms with E-state index in [1.807, 2.05) is 41.0 Å². The minimum atomic E-state index is -4.39. The van der Waals surface area contributed by atoms with E-state index in [0.29, 0.717) is 22.2 Å². The molecule has 5 rings (SSSR count). The van der Waals surface area contributed by atoms with Crippen molar-refractivity contribution in [2.75, 3.05) is 0 Å². The number of aromatic nitrogens is 4. The molecule has 2 heterocycles. The molecule has 4 nitrogen and oxygen atoms in total. The molecule has 154 valence electrons. The number of imidazole rings is 1. The molecular formula is C23H14ClF3N4. The maximum Gasteiger partial charge on any atom is 0.416 e. The fourth-order valence-electron chi connectivity index (χ4n) is 3.52. The Bertz CT molecular complexity index is 1370. The Morgan fingerprint density at radius 2 is 1.45 bits per heavy atom. The van der Waals surface area contributed by atoms with E-state index >= 15 is 0 Å². The zero-order valence-electron chi connectivity index (χ0n) is 15.9. The first kappa shape index (κ1) is 19.4. The lowest BCUT2D eigenvalue weighted by molar-refractivity contribution is -0.137. The van der Waals surface area contributed by atoms with Crippen LogP contribution < -0.4 is 0 Å². The molecule has 0 radical (unpaired) electrons. The van der Waals surface area contributed by atoms with Crippen LogP contribution in [0.4, 0.5) is 13.2 Å². The Kier molecular flexibility index (Phi) is 4.55. The molecule has 0 atom stereocenters. The molecular weight excluding hydrogens is 425 g/mol. The van der Waals surface area contributed by atoms with Crippen molar-refractivity contribution in [1.29, 1.82) is 0 Å². The van der Waals surface area contributed by atoms with Gasteiger partial charge in [-0.2, -0.15) is 18.3 Å². The summed E-state index contributed by atoms with van der Waals surface area (Å²) in [4.78, 5) is 4.79. The molecule has 0 aliphatic heterocycles. The largest absolute Gasteiger partial charge is 0.416 e. The second-order valence-electron chi connectivity index (χ2n) is 6.91. The summed E-state index contributed by atoms with van der Waals surface area (Å²) >= 11 is 6.06. The van der Waals surface area contributed by atoms with E-state index < -0.39 is 11.7 Å². The van der Waals surface area contributed by atoms with E-state index in [0.717, 1.165) is 28.9 Å². The van der Waals surface area contributed by atoms with Crippen molar-refractivity contribution in [3.8, 4) is 22.9 Å². The van der Waals surface area contributed by atoms with Crippen LogP contribution in [-0.4, -0.2) is 19.3 Å². The number of para-hydroxylation sites is 2. The fourth-order valence-corrected chi connectivity index (χ4v) is 3.65. The van der Waals surface area contributed by atoms with E-state index in [1.165, 1.54) is 12.1 Å². The zero-order chi connectivity index (χ0) is 21.6. The number of halogens is 4. The molecule has 5 aromatic rings. The van der Waals surface area contributed by atoms with Crippen LogP contribution in [0.3, 0.4) is 0 Å². The van der Waals surface area contributed by atoms with E-state index in [9.17, 15) is 13.2 Å². The van der Waals surface area contributed by atoms with Crippen LogP contribution in [0.5, 0.6) is 0 Å². The molecule has 31 heavy (non-hydrogen) atoms. The summed E-state index contributed by atoms with van der Waals surface area (Å²) in [7, 11) is 0. The van der Waals surface area contributed by atoms with Crippen molar-refractivity contribution in [3.63, 3.8) is 0 Å². The third-order valence-electron chi connectivity index (χ3n) is 4.96. The zero-order valence-corrected chi connectivity index (χ0v) is 16.6. The van der Waals surface area contributed by atoms with Gasteiger partial charge in [-0.1, -0.05) is 23.7 Å². The first-order chi connectivity index (χ1) is 14.9. The summed E-state index contributed by atoms with van der Waals surface area (Å²) < 4.78 is 42.4. The van der Waals surface area contributed by atoms with Crippen LogP contribution in [0.1, 0.15) is 5.56 Å². The summed E-state index contributed by atoms with van der Waals surface area (Å²) in [6, 6.07) is 21.7. The molecule has 0 aliphatic rings. The molecule has 0 aliphatic carbocycles. The van der Waals surface area contributed by atoms with Crippen LogP contribution in [0.25, 0.3) is 33.9 Å². The number of nitrogens with zero attached hydrogens (tertiary/aromatic N) is 4. The average molecular weight is 439 g/mol. The summed E-state index contributed by atoms with van der Waals surface area (Å²) in [6.45, 7) is 0. The SMILES string of the molecule is FC(F)(F)c1ccc(-n2nccc2-c2nc3ccccc3n2-c2ccc(Cl)cc2)cc1. The lowest BCUT2D eigenvalue weighted by Crippen LogP contribution is -2.07. The van der Waals surface area contributed by atoms with Gasteiger partial charge < -0.3 is 0 Å². The first-order valence-electron chi connectivity index (χ1n) is 9.37. The smallest absolute Gasteiger partial charge is 0.291 e. The minimum absolute atomic E-state index is 0.503. The average Bonchev–Trinajstić information content (AvgIpc) is 3.38. The van der Waals surface area contributed by atoms with Gasteiger partial charge in [0.2, 0.25) is 0 Å². The second kappa shape index (κ2) is 7.28. The Hall–Kier alpha value is -3.58. The maximum absolute atomic E-state index is 12.9. The Balaban J connectivity index is 1.69. The van der Waals surface area contributed by atoms with Gasteiger partial charge in [0.05, 0.1) is 28.5 Å². The molecule has 2 aromatic heterocycles. The van der Waals surface area contributed by atoms with Crippen molar-refractivity contribution >= 4 is 22.6 Å². The maximum atomic E-state index is 12.9. The molecule has 3 aromatic carbocycles. The van der Waals surface area contributed by atoms with Gasteiger partial charge in [-0.05, 0) is 66.7 Å². The Morgan fingerprint density at radius 1 is 0.774 bits per heavy atom. The minimum Gasteiger partial charge on any atom is -0.291 e. The molecule has 8 heteroatoms. The highest BCUT2D eigenvalue weighted by Gasteiger charge is 2.30. The van der Waals surface area contributed by atoms with Crippen molar-refractivity contribution in [2.45, 2.75) is 6.18 Å². The van der Waals surface area contributed by atoms with Gasteiger partial charge in [-0.15, -0.1) is 0 Å². The van der Waals surface area contributed by atoms with E-state index in [-0.39, 0.29) is 0 Å². The van der Waals surface area contributed by atoms with Crippen LogP contribution in [0.2, 0.25) is 5.02 Å². The topological polar surface area (TPSA) is 35.6 Å². The van der Waals surface area contributed by atoms with Crippen molar-refractivity contribution in [3.05, 3.63) is 95.6 Å². The summed E-state index contributed by atoms with van der Waals surface area (Å²) in [5.74, 6) is 0.612. The Labute approximate surface area is 180 Å².